The van der Waals surface area contributed by atoms with E-state index in [1.165, 1.54) is 54.5 Å². The highest BCUT2D eigenvalue weighted by Crippen LogP contribution is 2.66. The van der Waals surface area contributed by atoms with E-state index in [2.05, 4.69) is 46.9 Å². The van der Waals surface area contributed by atoms with E-state index in [1.54, 1.807) is 0 Å². The molecule has 3 aliphatic heterocycles. The quantitative estimate of drug-likeness (QED) is 0.737. The number of hydrogen-bond donors (Lipinski definition) is 0. The molecule has 0 aromatic heterocycles. The number of fused-ring (bicyclic) bond motifs is 1. The van der Waals surface area contributed by atoms with Crippen molar-refractivity contribution in [3.63, 3.8) is 0 Å². The summed E-state index contributed by atoms with van der Waals surface area (Å²) < 4.78 is 21.5. The van der Waals surface area contributed by atoms with Gasteiger partial charge in [0.15, 0.2) is 0 Å². The summed E-state index contributed by atoms with van der Waals surface area (Å²) in [7, 11) is -2.65. The molecule has 3 saturated heterocycles. The first-order valence-corrected chi connectivity index (χ1v) is 11.1. The van der Waals surface area contributed by atoms with Crippen molar-refractivity contribution < 1.29 is 4.57 Å². The summed E-state index contributed by atoms with van der Waals surface area (Å²) in [6, 6.07) is 4.95. The van der Waals surface area contributed by atoms with Gasteiger partial charge in [-0.05, 0) is 57.6 Å². The van der Waals surface area contributed by atoms with Gasteiger partial charge >= 0.3 is 7.59 Å². The van der Waals surface area contributed by atoms with Gasteiger partial charge in [0.05, 0.1) is 5.69 Å². The lowest BCUT2D eigenvalue weighted by Gasteiger charge is -2.41. The van der Waals surface area contributed by atoms with Crippen molar-refractivity contribution in [1.82, 2.24) is 9.34 Å². The maximum atomic E-state index is 14.5. The number of hydrogen-bond acceptors (Lipinski definition) is 1. The zero-order chi connectivity index (χ0) is 16.9. The van der Waals surface area contributed by atoms with Crippen molar-refractivity contribution in [3.8, 4) is 0 Å². The molecule has 0 amide bonds. The number of nitrogens with zero attached hydrogens (tertiary/aromatic N) is 3. The van der Waals surface area contributed by atoms with Crippen LogP contribution < -0.4 is 4.67 Å². The summed E-state index contributed by atoms with van der Waals surface area (Å²) in [4.78, 5) is 0. The van der Waals surface area contributed by atoms with Gasteiger partial charge < -0.3 is 0 Å². The maximum absolute atomic E-state index is 14.5. The van der Waals surface area contributed by atoms with E-state index in [-0.39, 0.29) is 0 Å². The molecule has 4 nitrogen and oxygen atoms in total. The highest BCUT2D eigenvalue weighted by Gasteiger charge is 2.54. The van der Waals surface area contributed by atoms with Crippen molar-refractivity contribution in [2.45, 2.75) is 58.9 Å². The van der Waals surface area contributed by atoms with E-state index in [9.17, 15) is 4.57 Å². The number of rotatable bonds is 2. The Morgan fingerprint density at radius 2 is 1.62 bits per heavy atom. The van der Waals surface area contributed by atoms with Crippen LogP contribution >= 0.6 is 7.59 Å². The lowest BCUT2D eigenvalue weighted by atomic mass is 10.0. The molecule has 0 radical (unpaired) electrons. The Labute approximate surface area is 146 Å². The van der Waals surface area contributed by atoms with Crippen LogP contribution in [0, 0.1) is 20.8 Å². The first-order valence-electron chi connectivity index (χ1n) is 9.50. The monoisotopic (exact) mass is 347 g/mol. The van der Waals surface area contributed by atoms with Gasteiger partial charge in [-0.1, -0.05) is 24.1 Å². The van der Waals surface area contributed by atoms with E-state index in [0.717, 1.165) is 26.2 Å². The van der Waals surface area contributed by atoms with Gasteiger partial charge in [0.25, 0.3) is 0 Å². The molecule has 0 spiro atoms. The van der Waals surface area contributed by atoms with Crippen molar-refractivity contribution in [2.24, 2.45) is 0 Å². The third kappa shape index (κ3) is 2.46. The third-order valence-electron chi connectivity index (χ3n) is 5.97. The van der Waals surface area contributed by atoms with E-state index < -0.39 is 7.59 Å². The minimum atomic E-state index is -2.65. The number of piperidine rings is 1. The summed E-state index contributed by atoms with van der Waals surface area (Å²) in [5.74, 6) is 0. The molecule has 0 aliphatic carbocycles. The standard InChI is InChI=1S/C19H30N3OP/c1-15-12-16(2)19(17(3)13-15)22-14-18-8-7-11-21(18)24(22,23)20-9-5-4-6-10-20/h12-13,18H,4-11,14H2,1-3H3/t18-,24+/m0/s1. The number of aryl methyl sites for hydroxylation is 3. The Morgan fingerprint density at radius 1 is 0.958 bits per heavy atom. The highest BCUT2D eigenvalue weighted by atomic mass is 31.2. The average Bonchev–Trinajstić information content (AvgIpc) is 3.11. The van der Waals surface area contributed by atoms with Crippen LogP contribution in [-0.4, -0.2) is 41.6 Å². The predicted molar refractivity (Wildman–Crippen MR) is 101 cm³/mol. The molecule has 24 heavy (non-hydrogen) atoms. The number of benzene rings is 1. The van der Waals surface area contributed by atoms with Crippen molar-refractivity contribution in [3.05, 3.63) is 28.8 Å². The Morgan fingerprint density at radius 3 is 2.29 bits per heavy atom. The lowest BCUT2D eigenvalue weighted by Crippen LogP contribution is -2.37. The second kappa shape index (κ2) is 6.16. The molecule has 0 N–H and O–H groups in total. The first kappa shape index (κ1) is 16.6. The molecule has 0 saturated carbocycles. The molecule has 3 aliphatic rings. The van der Waals surface area contributed by atoms with Gasteiger partial charge in [-0.25, -0.2) is 9.34 Å². The van der Waals surface area contributed by atoms with E-state index in [4.69, 9.17) is 0 Å². The second-order valence-corrected chi connectivity index (χ2v) is 10.4. The average molecular weight is 347 g/mol. The van der Waals surface area contributed by atoms with Gasteiger partial charge in [-0.2, -0.15) is 0 Å². The van der Waals surface area contributed by atoms with Crippen LogP contribution in [0.2, 0.25) is 0 Å². The van der Waals surface area contributed by atoms with E-state index >= 15 is 0 Å². The van der Waals surface area contributed by atoms with Gasteiger partial charge in [0, 0.05) is 32.2 Å². The predicted octanol–water partition coefficient (Wildman–Crippen LogP) is 4.49. The summed E-state index contributed by atoms with van der Waals surface area (Å²) in [6.07, 6.45) is 6.04. The lowest BCUT2D eigenvalue weighted by molar-refractivity contribution is 0.309. The summed E-state index contributed by atoms with van der Waals surface area (Å²) in [5, 5.41) is 0. The van der Waals surface area contributed by atoms with Crippen LogP contribution in [0.5, 0.6) is 0 Å². The second-order valence-electron chi connectivity index (χ2n) is 7.82. The normalized spacial score (nSPS) is 31.6. The molecule has 4 rings (SSSR count). The van der Waals surface area contributed by atoms with Crippen LogP contribution in [0.4, 0.5) is 5.69 Å². The molecular weight excluding hydrogens is 317 g/mol. The first-order chi connectivity index (χ1) is 11.5. The fourth-order valence-corrected chi connectivity index (χ4v) is 8.75. The molecule has 132 valence electrons. The Kier molecular flexibility index (Phi) is 4.27. The minimum Gasteiger partial charge on any atom is -0.297 e. The zero-order valence-electron chi connectivity index (χ0n) is 15.3. The van der Waals surface area contributed by atoms with E-state index in [1.807, 2.05) is 0 Å². The van der Waals surface area contributed by atoms with Crippen LogP contribution in [0.3, 0.4) is 0 Å². The summed E-state index contributed by atoms with van der Waals surface area (Å²) in [6.45, 7) is 10.4. The van der Waals surface area contributed by atoms with Gasteiger partial charge in [0.1, 0.15) is 0 Å². The SMILES string of the molecule is Cc1cc(C)c(N2C[C@@H]3CCCN3[P@]2(=O)N2CCCCC2)c(C)c1. The van der Waals surface area contributed by atoms with Crippen molar-refractivity contribution >= 4 is 13.3 Å². The Balaban J connectivity index is 1.80. The van der Waals surface area contributed by atoms with Gasteiger partial charge in [0.2, 0.25) is 0 Å². The Bertz CT molecular complexity index is 660. The fraction of sp³-hybridized carbons (Fsp3) is 0.684. The van der Waals surface area contributed by atoms with Crippen LogP contribution in [0.25, 0.3) is 0 Å². The molecule has 1 aromatic carbocycles. The van der Waals surface area contributed by atoms with Crippen LogP contribution in [0.1, 0.15) is 48.8 Å². The highest BCUT2D eigenvalue weighted by molar-refractivity contribution is 7.61. The summed E-state index contributed by atoms with van der Waals surface area (Å²) in [5.41, 5.74) is 5.06. The largest absolute Gasteiger partial charge is 0.311 e. The molecule has 3 heterocycles. The molecule has 3 fully saturated rings. The molecule has 2 atom stereocenters. The van der Waals surface area contributed by atoms with Crippen LogP contribution in [0.15, 0.2) is 12.1 Å². The smallest absolute Gasteiger partial charge is 0.297 e. The van der Waals surface area contributed by atoms with Gasteiger partial charge in [-0.15, -0.1) is 0 Å². The molecule has 0 unspecified atom stereocenters. The zero-order valence-corrected chi connectivity index (χ0v) is 16.2. The fourth-order valence-electron chi connectivity index (χ4n) is 5.05. The van der Waals surface area contributed by atoms with Crippen LogP contribution in [-0.2, 0) is 4.57 Å². The molecule has 1 aromatic rings. The van der Waals surface area contributed by atoms with E-state index in [0.29, 0.717) is 6.04 Å². The van der Waals surface area contributed by atoms with Crippen molar-refractivity contribution in [2.75, 3.05) is 30.8 Å². The molecule has 5 heteroatoms. The molecule has 0 bridgehead atoms. The number of anilines is 1. The van der Waals surface area contributed by atoms with Gasteiger partial charge in [-0.3, -0.25) is 9.24 Å². The topological polar surface area (TPSA) is 26.8 Å². The minimum absolute atomic E-state index is 0.470. The summed E-state index contributed by atoms with van der Waals surface area (Å²) >= 11 is 0. The maximum Gasteiger partial charge on any atom is 0.311 e. The third-order valence-corrected chi connectivity index (χ3v) is 9.30. The van der Waals surface area contributed by atoms with Crippen molar-refractivity contribution in [1.29, 1.82) is 0 Å². The molecular formula is C19H30N3OP. The Hall–Kier alpha value is -0.830.